The number of imidazole rings is 1. The van der Waals surface area contributed by atoms with Crippen molar-refractivity contribution in [1.82, 2.24) is 19.9 Å². The van der Waals surface area contributed by atoms with Crippen LogP contribution < -0.4 is 16.0 Å². The Morgan fingerprint density at radius 1 is 1.03 bits per heavy atom. The molecular formula is C22H21N7O. The maximum absolute atomic E-state index is 12.6. The van der Waals surface area contributed by atoms with Gasteiger partial charge in [-0.1, -0.05) is 0 Å². The van der Waals surface area contributed by atoms with E-state index in [-0.39, 0.29) is 5.91 Å². The summed E-state index contributed by atoms with van der Waals surface area (Å²) in [5.41, 5.74) is 9.80. The van der Waals surface area contributed by atoms with Crippen molar-refractivity contribution in [2.24, 2.45) is 0 Å². The number of rotatable bonds is 4. The quantitative estimate of drug-likeness (QED) is 0.484. The Morgan fingerprint density at radius 2 is 1.90 bits per heavy atom. The lowest BCUT2D eigenvalue weighted by Gasteiger charge is -2.16. The number of hydrogen-bond acceptors (Lipinski definition) is 6. The molecule has 0 bridgehead atoms. The summed E-state index contributed by atoms with van der Waals surface area (Å²) in [6.45, 7) is 2.05. The summed E-state index contributed by atoms with van der Waals surface area (Å²) in [6, 6.07) is 12.9. The van der Waals surface area contributed by atoms with Gasteiger partial charge in [0.15, 0.2) is 5.82 Å². The number of carbonyl (C=O) groups excluding carboxylic acids is 1. The van der Waals surface area contributed by atoms with E-state index in [0.717, 1.165) is 29.9 Å². The van der Waals surface area contributed by atoms with Crippen molar-refractivity contribution < 1.29 is 4.79 Å². The second-order valence-corrected chi connectivity index (χ2v) is 7.35. The van der Waals surface area contributed by atoms with E-state index in [2.05, 4.69) is 30.2 Å². The second kappa shape index (κ2) is 7.47. The van der Waals surface area contributed by atoms with Crippen molar-refractivity contribution in [3.8, 4) is 11.5 Å². The maximum atomic E-state index is 12.6. The lowest BCUT2D eigenvalue weighted by molar-refractivity contribution is 0.102. The van der Waals surface area contributed by atoms with Gasteiger partial charge in [0.25, 0.3) is 5.91 Å². The minimum atomic E-state index is -0.199. The first-order valence-corrected chi connectivity index (χ1v) is 9.90. The Kier molecular flexibility index (Phi) is 4.51. The van der Waals surface area contributed by atoms with Crippen molar-refractivity contribution in [3.63, 3.8) is 0 Å². The summed E-state index contributed by atoms with van der Waals surface area (Å²) >= 11 is 0. The van der Waals surface area contributed by atoms with Gasteiger partial charge in [0.1, 0.15) is 11.5 Å². The highest BCUT2D eigenvalue weighted by Crippen LogP contribution is 2.23. The molecule has 1 amide bonds. The van der Waals surface area contributed by atoms with Crippen LogP contribution in [-0.4, -0.2) is 38.9 Å². The van der Waals surface area contributed by atoms with Gasteiger partial charge >= 0.3 is 0 Å². The highest BCUT2D eigenvalue weighted by atomic mass is 16.1. The van der Waals surface area contributed by atoms with E-state index in [1.54, 1.807) is 18.5 Å². The zero-order chi connectivity index (χ0) is 20.5. The number of H-pyrrole nitrogens is 1. The number of pyridine rings is 2. The molecule has 8 heteroatoms. The SMILES string of the molecule is Nc1ccc(-c2nc3ccc(NC(=O)c4ccc(N5CCCC5)nc4)cc3[nH]2)nc1. The molecule has 0 radical (unpaired) electrons. The zero-order valence-corrected chi connectivity index (χ0v) is 16.3. The topological polar surface area (TPSA) is 113 Å². The van der Waals surface area contributed by atoms with Crippen molar-refractivity contribution in [1.29, 1.82) is 0 Å². The van der Waals surface area contributed by atoms with E-state index in [0.29, 0.717) is 28.5 Å². The van der Waals surface area contributed by atoms with E-state index < -0.39 is 0 Å². The normalized spacial score (nSPS) is 13.7. The summed E-state index contributed by atoms with van der Waals surface area (Å²) in [6.07, 6.45) is 5.60. The summed E-state index contributed by atoms with van der Waals surface area (Å²) in [5, 5.41) is 2.92. The third kappa shape index (κ3) is 3.55. The molecule has 5 rings (SSSR count). The van der Waals surface area contributed by atoms with Gasteiger partial charge in [-0.2, -0.15) is 0 Å². The number of aromatic amines is 1. The number of carbonyl (C=O) groups is 1. The van der Waals surface area contributed by atoms with Crippen molar-refractivity contribution in [3.05, 3.63) is 60.4 Å². The van der Waals surface area contributed by atoms with Crippen LogP contribution in [0.4, 0.5) is 17.2 Å². The minimum Gasteiger partial charge on any atom is -0.397 e. The summed E-state index contributed by atoms with van der Waals surface area (Å²) in [7, 11) is 0. The number of aromatic nitrogens is 4. The number of nitrogens with two attached hydrogens (primary N) is 1. The summed E-state index contributed by atoms with van der Waals surface area (Å²) in [5.74, 6) is 1.37. The Morgan fingerprint density at radius 3 is 2.63 bits per heavy atom. The van der Waals surface area contributed by atoms with Crippen LogP contribution in [-0.2, 0) is 0 Å². The molecule has 1 fully saturated rings. The van der Waals surface area contributed by atoms with Gasteiger partial charge < -0.3 is 20.9 Å². The van der Waals surface area contributed by atoms with Gasteiger partial charge in [0.05, 0.1) is 28.5 Å². The van der Waals surface area contributed by atoms with Crippen LogP contribution in [0.5, 0.6) is 0 Å². The Labute approximate surface area is 173 Å². The molecule has 1 saturated heterocycles. The Hall–Kier alpha value is -3.94. The maximum Gasteiger partial charge on any atom is 0.257 e. The first-order chi connectivity index (χ1) is 14.7. The lowest BCUT2D eigenvalue weighted by Crippen LogP contribution is -2.19. The van der Waals surface area contributed by atoms with E-state index in [1.807, 2.05) is 36.4 Å². The molecule has 0 aliphatic carbocycles. The van der Waals surface area contributed by atoms with E-state index in [4.69, 9.17) is 5.73 Å². The molecule has 0 atom stereocenters. The molecule has 0 unspecified atom stereocenters. The molecule has 0 spiro atoms. The second-order valence-electron chi connectivity index (χ2n) is 7.35. The van der Waals surface area contributed by atoms with Gasteiger partial charge in [-0.25, -0.2) is 9.97 Å². The molecule has 4 heterocycles. The third-order valence-electron chi connectivity index (χ3n) is 5.21. The summed E-state index contributed by atoms with van der Waals surface area (Å²) in [4.78, 5) is 31.4. The van der Waals surface area contributed by atoms with Gasteiger partial charge in [-0.15, -0.1) is 0 Å². The third-order valence-corrected chi connectivity index (χ3v) is 5.21. The molecule has 0 saturated carbocycles. The Bertz CT molecular complexity index is 1190. The smallest absolute Gasteiger partial charge is 0.257 e. The average Bonchev–Trinajstić information content (AvgIpc) is 3.44. The first kappa shape index (κ1) is 18.1. The van der Waals surface area contributed by atoms with Crippen molar-refractivity contribution in [2.45, 2.75) is 12.8 Å². The largest absolute Gasteiger partial charge is 0.397 e. The van der Waals surface area contributed by atoms with Crippen molar-refractivity contribution in [2.75, 3.05) is 29.0 Å². The number of nitrogens with one attached hydrogen (secondary N) is 2. The van der Waals surface area contributed by atoms with Crippen LogP contribution in [0.1, 0.15) is 23.2 Å². The molecule has 30 heavy (non-hydrogen) atoms. The average molecular weight is 399 g/mol. The van der Waals surface area contributed by atoms with Gasteiger partial charge in [0, 0.05) is 25.0 Å². The van der Waals surface area contributed by atoms with E-state index >= 15 is 0 Å². The summed E-state index contributed by atoms with van der Waals surface area (Å²) < 4.78 is 0. The number of nitrogens with zero attached hydrogens (tertiary/aromatic N) is 4. The van der Waals surface area contributed by atoms with Crippen LogP contribution >= 0.6 is 0 Å². The number of hydrogen-bond donors (Lipinski definition) is 3. The number of benzene rings is 1. The lowest BCUT2D eigenvalue weighted by atomic mass is 10.2. The highest BCUT2D eigenvalue weighted by Gasteiger charge is 2.15. The fourth-order valence-corrected chi connectivity index (χ4v) is 3.61. The van der Waals surface area contributed by atoms with Gasteiger partial charge in [-0.05, 0) is 55.3 Å². The fraction of sp³-hybridized carbons (Fsp3) is 0.182. The first-order valence-electron chi connectivity index (χ1n) is 9.90. The molecule has 1 aliphatic rings. The molecule has 4 aromatic rings. The molecule has 8 nitrogen and oxygen atoms in total. The molecule has 3 aromatic heterocycles. The van der Waals surface area contributed by atoms with E-state index in [1.165, 1.54) is 12.8 Å². The highest BCUT2D eigenvalue weighted by molar-refractivity contribution is 6.04. The van der Waals surface area contributed by atoms with Gasteiger partial charge in [-0.3, -0.25) is 9.78 Å². The van der Waals surface area contributed by atoms with Crippen LogP contribution in [0.2, 0.25) is 0 Å². The van der Waals surface area contributed by atoms with Crippen LogP contribution in [0, 0.1) is 0 Å². The van der Waals surface area contributed by atoms with Gasteiger partial charge in [0.2, 0.25) is 0 Å². The van der Waals surface area contributed by atoms with Crippen LogP contribution in [0.3, 0.4) is 0 Å². The molecule has 4 N–H and O–H groups in total. The molecule has 1 aliphatic heterocycles. The monoisotopic (exact) mass is 399 g/mol. The fourth-order valence-electron chi connectivity index (χ4n) is 3.61. The van der Waals surface area contributed by atoms with Crippen molar-refractivity contribution >= 4 is 34.1 Å². The number of anilines is 3. The minimum absolute atomic E-state index is 0.199. The van der Waals surface area contributed by atoms with Crippen LogP contribution in [0.15, 0.2) is 54.9 Å². The number of fused-ring (bicyclic) bond motifs is 1. The standard InChI is InChI=1S/C22H21N7O/c23-15-4-6-18(24-13-15)21-27-17-7-5-16(11-19(17)28-21)26-22(30)14-3-8-20(25-12-14)29-9-1-2-10-29/h3-8,11-13H,1-2,9-10,23H2,(H,26,30)(H,27,28). The number of amides is 1. The Balaban J connectivity index is 1.33. The molecule has 1 aromatic carbocycles. The zero-order valence-electron chi connectivity index (χ0n) is 16.3. The predicted molar refractivity (Wildman–Crippen MR) is 117 cm³/mol. The molecular weight excluding hydrogens is 378 g/mol. The molecule has 150 valence electrons. The number of nitrogen functional groups attached to an aromatic ring is 1. The van der Waals surface area contributed by atoms with E-state index in [9.17, 15) is 4.79 Å². The van der Waals surface area contributed by atoms with Crippen LogP contribution in [0.25, 0.3) is 22.6 Å². The predicted octanol–water partition coefficient (Wildman–Crippen LogP) is 3.45.